The molecule has 2 aromatic carbocycles. The maximum atomic E-state index is 12.3. The number of halogens is 3. The van der Waals surface area contributed by atoms with Crippen LogP contribution in [0.2, 0.25) is 0 Å². The van der Waals surface area contributed by atoms with Crippen molar-refractivity contribution in [3.8, 4) is 11.5 Å². The maximum absolute atomic E-state index is 12.3. The standard InChI is InChI=1S/C21H18BrI2NO4/c1-11(2)10-28-19-16(24)6-12(8-18(19)27-3)7-17-21(26)29-20(25-17)13-4-5-15(23)14(22)9-13/h4-9,11H,10H2,1-3H3/b17-7-. The molecule has 1 aliphatic rings. The van der Waals surface area contributed by atoms with Gasteiger partial charge in [-0.2, -0.15) is 0 Å². The molecule has 0 aliphatic carbocycles. The van der Waals surface area contributed by atoms with E-state index in [-0.39, 0.29) is 11.6 Å². The molecule has 0 bridgehead atoms. The third kappa shape index (κ3) is 5.52. The predicted molar refractivity (Wildman–Crippen MR) is 134 cm³/mol. The summed E-state index contributed by atoms with van der Waals surface area (Å²) in [6.45, 7) is 4.77. The molecule has 0 saturated carbocycles. The Kier molecular flexibility index (Phi) is 7.60. The quantitative estimate of drug-likeness (QED) is 0.212. The van der Waals surface area contributed by atoms with E-state index in [1.807, 2.05) is 30.3 Å². The number of carbonyl (C=O) groups is 1. The summed E-state index contributed by atoms with van der Waals surface area (Å²) in [5, 5.41) is 0. The van der Waals surface area contributed by atoms with Crippen LogP contribution in [0.4, 0.5) is 0 Å². The van der Waals surface area contributed by atoms with Crippen molar-refractivity contribution >= 4 is 79.1 Å². The van der Waals surface area contributed by atoms with Crippen LogP contribution in [0.5, 0.6) is 11.5 Å². The first kappa shape index (κ1) is 22.5. The lowest BCUT2D eigenvalue weighted by Gasteiger charge is -2.15. The van der Waals surface area contributed by atoms with Crippen LogP contribution in [0, 0.1) is 13.1 Å². The molecule has 0 amide bonds. The van der Waals surface area contributed by atoms with Crippen molar-refractivity contribution in [2.24, 2.45) is 10.9 Å². The molecule has 0 saturated heterocycles. The number of hydrogen-bond donors (Lipinski definition) is 0. The lowest BCUT2D eigenvalue weighted by molar-refractivity contribution is -0.129. The maximum Gasteiger partial charge on any atom is 0.363 e. The Bertz CT molecular complexity index is 1020. The van der Waals surface area contributed by atoms with Gasteiger partial charge < -0.3 is 14.2 Å². The Morgan fingerprint density at radius 2 is 1.97 bits per heavy atom. The second-order valence-corrected chi connectivity index (χ2v) is 9.88. The minimum atomic E-state index is -0.483. The van der Waals surface area contributed by atoms with Crippen LogP contribution < -0.4 is 9.47 Å². The van der Waals surface area contributed by atoms with Crippen LogP contribution in [0.25, 0.3) is 6.08 Å². The normalized spacial score (nSPS) is 14.9. The van der Waals surface area contributed by atoms with Crippen LogP contribution in [-0.2, 0) is 9.53 Å². The van der Waals surface area contributed by atoms with E-state index < -0.39 is 5.97 Å². The molecule has 152 valence electrons. The molecule has 0 atom stereocenters. The van der Waals surface area contributed by atoms with Gasteiger partial charge >= 0.3 is 5.97 Å². The van der Waals surface area contributed by atoms with E-state index in [9.17, 15) is 4.79 Å². The molecule has 0 fully saturated rings. The van der Waals surface area contributed by atoms with Gasteiger partial charge in [-0.3, -0.25) is 0 Å². The van der Waals surface area contributed by atoms with Gasteiger partial charge in [0.1, 0.15) is 0 Å². The van der Waals surface area contributed by atoms with Gasteiger partial charge in [0.25, 0.3) is 0 Å². The van der Waals surface area contributed by atoms with Crippen LogP contribution in [0.3, 0.4) is 0 Å². The summed E-state index contributed by atoms with van der Waals surface area (Å²) in [5.74, 6) is 1.52. The molecule has 0 spiro atoms. The van der Waals surface area contributed by atoms with Crippen LogP contribution in [0.15, 0.2) is 45.5 Å². The molecule has 5 nitrogen and oxygen atoms in total. The number of carbonyl (C=O) groups excluding carboxylic acids is 1. The number of rotatable bonds is 6. The number of methoxy groups -OCH3 is 1. The summed E-state index contributed by atoms with van der Waals surface area (Å²) in [5.41, 5.74) is 1.76. The molecule has 1 heterocycles. The molecule has 0 N–H and O–H groups in total. The van der Waals surface area contributed by atoms with Gasteiger partial charge in [0.2, 0.25) is 5.90 Å². The van der Waals surface area contributed by atoms with Crippen molar-refractivity contribution in [1.82, 2.24) is 0 Å². The Morgan fingerprint density at radius 1 is 1.21 bits per heavy atom. The second kappa shape index (κ2) is 9.78. The fourth-order valence-electron chi connectivity index (χ4n) is 2.53. The van der Waals surface area contributed by atoms with E-state index >= 15 is 0 Å². The SMILES string of the molecule is COc1cc(/C=C2\N=C(c3ccc(I)c(Br)c3)OC2=O)cc(I)c1OCC(C)C. The van der Waals surface area contributed by atoms with Crippen molar-refractivity contribution in [1.29, 1.82) is 0 Å². The molecule has 8 heteroatoms. The minimum absolute atomic E-state index is 0.239. The van der Waals surface area contributed by atoms with E-state index in [1.54, 1.807) is 13.2 Å². The third-order valence-electron chi connectivity index (χ3n) is 3.90. The summed E-state index contributed by atoms with van der Waals surface area (Å²) in [6.07, 6.45) is 1.69. The Labute approximate surface area is 205 Å². The van der Waals surface area contributed by atoms with E-state index in [0.29, 0.717) is 24.0 Å². The first-order valence-electron chi connectivity index (χ1n) is 8.76. The number of esters is 1. The van der Waals surface area contributed by atoms with Gasteiger partial charge in [0.05, 0.1) is 17.3 Å². The Morgan fingerprint density at radius 3 is 2.62 bits per heavy atom. The fourth-order valence-corrected chi connectivity index (χ4v) is 4.03. The summed E-state index contributed by atoms with van der Waals surface area (Å²) < 4.78 is 19.6. The second-order valence-electron chi connectivity index (χ2n) is 6.70. The Balaban J connectivity index is 1.92. The van der Waals surface area contributed by atoms with Crippen LogP contribution in [-0.4, -0.2) is 25.6 Å². The van der Waals surface area contributed by atoms with Gasteiger partial charge in [0, 0.05) is 13.6 Å². The highest BCUT2D eigenvalue weighted by Crippen LogP contribution is 2.35. The first-order chi connectivity index (χ1) is 13.8. The van der Waals surface area contributed by atoms with Gasteiger partial charge in [-0.15, -0.1) is 0 Å². The van der Waals surface area contributed by atoms with Crippen LogP contribution in [0.1, 0.15) is 25.0 Å². The molecular formula is C21H18BrI2NO4. The summed E-state index contributed by atoms with van der Waals surface area (Å²) in [4.78, 5) is 16.7. The van der Waals surface area contributed by atoms with Crippen molar-refractivity contribution in [3.05, 3.63) is 58.8 Å². The third-order valence-corrected chi connectivity index (χ3v) is 7.04. The fraction of sp³-hybridized carbons (Fsp3) is 0.238. The summed E-state index contributed by atoms with van der Waals surface area (Å²) in [7, 11) is 1.60. The number of nitrogens with zero attached hydrogens (tertiary/aromatic N) is 1. The van der Waals surface area contributed by atoms with Gasteiger partial charge in [-0.25, -0.2) is 9.79 Å². The number of hydrogen-bond acceptors (Lipinski definition) is 5. The van der Waals surface area contributed by atoms with Crippen molar-refractivity contribution in [3.63, 3.8) is 0 Å². The lowest BCUT2D eigenvalue weighted by Crippen LogP contribution is -2.07. The van der Waals surface area contributed by atoms with E-state index in [2.05, 4.69) is 80.0 Å². The van der Waals surface area contributed by atoms with Crippen molar-refractivity contribution < 1.29 is 19.0 Å². The van der Waals surface area contributed by atoms with E-state index in [1.165, 1.54) is 0 Å². The topological polar surface area (TPSA) is 57.1 Å². The highest BCUT2D eigenvalue weighted by molar-refractivity contribution is 14.1. The molecule has 3 rings (SSSR count). The average Bonchev–Trinajstić information content (AvgIpc) is 3.03. The molecular weight excluding hydrogens is 664 g/mol. The number of benzene rings is 2. The Hall–Kier alpha value is -1.14. The van der Waals surface area contributed by atoms with E-state index in [0.717, 1.165) is 22.7 Å². The summed E-state index contributed by atoms with van der Waals surface area (Å²) in [6, 6.07) is 9.43. The van der Waals surface area contributed by atoms with E-state index in [4.69, 9.17) is 14.2 Å². The molecule has 2 aromatic rings. The zero-order valence-electron chi connectivity index (χ0n) is 16.0. The van der Waals surface area contributed by atoms with Gasteiger partial charge in [-0.1, -0.05) is 13.8 Å². The van der Waals surface area contributed by atoms with Gasteiger partial charge in [0.15, 0.2) is 17.2 Å². The lowest BCUT2D eigenvalue weighted by atomic mass is 10.1. The molecule has 29 heavy (non-hydrogen) atoms. The number of ether oxygens (including phenoxy) is 3. The molecule has 0 aromatic heterocycles. The largest absolute Gasteiger partial charge is 0.493 e. The monoisotopic (exact) mass is 681 g/mol. The smallest absolute Gasteiger partial charge is 0.363 e. The zero-order chi connectivity index (χ0) is 21.1. The van der Waals surface area contributed by atoms with Gasteiger partial charge in [-0.05, 0) is 109 Å². The minimum Gasteiger partial charge on any atom is -0.493 e. The van der Waals surface area contributed by atoms with Crippen molar-refractivity contribution in [2.45, 2.75) is 13.8 Å². The molecule has 0 unspecified atom stereocenters. The molecule has 0 radical (unpaired) electrons. The highest BCUT2D eigenvalue weighted by Gasteiger charge is 2.25. The predicted octanol–water partition coefficient (Wildman–Crippen LogP) is 6.05. The van der Waals surface area contributed by atoms with Crippen molar-refractivity contribution in [2.75, 3.05) is 13.7 Å². The first-order valence-corrected chi connectivity index (χ1v) is 11.7. The number of cyclic esters (lactones) is 1. The molecule has 1 aliphatic heterocycles. The zero-order valence-corrected chi connectivity index (χ0v) is 21.9. The average molecular weight is 682 g/mol. The number of aliphatic imine (C=N–C) groups is 1. The van der Waals surface area contributed by atoms with Crippen LogP contribution >= 0.6 is 61.1 Å². The highest BCUT2D eigenvalue weighted by atomic mass is 127. The summed E-state index contributed by atoms with van der Waals surface area (Å²) >= 11 is 7.91.